The molecule has 1 heterocycles. The summed E-state index contributed by atoms with van der Waals surface area (Å²) in [5, 5.41) is 0.703. The van der Waals surface area contributed by atoms with Crippen LogP contribution < -0.4 is 5.56 Å². The molecule has 1 N–H and O–H groups in total. The smallest absolute Gasteiger partial charge is 0.759 e. The molecule has 0 bridgehead atoms. The van der Waals surface area contributed by atoms with Crippen LogP contribution in [0.4, 0.5) is 4.39 Å². The second-order valence-electron chi connectivity index (χ2n) is 2.94. The Morgan fingerprint density at radius 1 is 1.17 bits per heavy atom. The Morgan fingerprint density at radius 2 is 1.67 bits per heavy atom. The van der Waals surface area contributed by atoms with Crippen LogP contribution in [0.25, 0.3) is 10.9 Å². The third kappa shape index (κ3) is 6.07. The number of fused-ring (bicyclic) bond motifs is 1. The summed E-state index contributed by atoms with van der Waals surface area (Å²) >= 11 is 0. The second kappa shape index (κ2) is 6.80. The molecular weight excluding hydrogens is 277 g/mol. The molecule has 0 aliphatic rings. The fourth-order valence-corrected chi connectivity index (χ4v) is 1.12. The third-order valence-electron chi connectivity index (χ3n) is 1.71. The van der Waals surface area contributed by atoms with Crippen molar-refractivity contribution in [1.29, 1.82) is 0 Å². The van der Waals surface area contributed by atoms with Crippen LogP contribution >= 0.6 is 0 Å². The first kappa shape index (κ1) is 17.0. The van der Waals surface area contributed by atoms with Crippen LogP contribution in [-0.4, -0.2) is 45.6 Å². The summed E-state index contributed by atoms with van der Waals surface area (Å²) < 4.78 is 46.8. The number of benzene rings is 1. The van der Waals surface area contributed by atoms with Gasteiger partial charge in [-0.05, 0) is 12.1 Å². The topological polar surface area (TPSA) is 113 Å². The zero-order valence-corrected chi connectivity index (χ0v) is 11.2. The Hall–Kier alpha value is -1.00. The van der Waals surface area contributed by atoms with Crippen molar-refractivity contribution >= 4 is 44.4 Å². The van der Waals surface area contributed by atoms with Crippen molar-refractivity contribution in [2.45, 2.75) is 0 Å². The third-order valence-corrected chi connectivity index (χ3v) is 1.71. The quantitative estimate of drug-likeness (QED) is 0.413. The first-order valence-electron chi connectivity index (χ1n) is 4.21. The Morgan fingerprint density at radius 3 is 2.22 bits per heavy atom. The van der Waals surface area contributed by atoms with Crippen LogP contribution in [0.2, 0.25) is 0 Å². The molecule has 1 aromatic heterocycles. The van der Waals surface area contributed by atoms with E-state index in [4.69, 9.17) is 17.5 Å². The molecule has 0 spiro atoms. The van der Waals surface area contributed by atoms with Crippen LogP contribution in [0, 0.1) is 5.82 Å². The maximum absolute atomic E-state index is 12.7. The number of hydrogen-bond acceptors (Lipinski definition) is 5. The standard InChI is InChI=1S/C9H6FNO.Mg.H2O4S/c10-7-5-6-3-1-2-4-8(6)11-9(7)12;;1-5(2,3)4/h1-5H,(H,11,12);;(H2,1,2,3,4)/q;+2;/p-2. The van der Waals surface area contributed by atoms with Gasteiger partial charge in [0.2, 0.25) is 0 Å². The van der Waals surface area contributed by atoms with Gasteiger partial charge in [0, 0.05) is 21.3 Å². The summed E-state index contributed by atoms with van der Waals surface area (Å²) in [5.74, 6) is -0.742. The zero-order valence-electron chi connectivity index (χ0n) is 8.92. The summed E-state index contributed by atoms with van der Waals surface area (Å²) in [4.78, 5) is 13.2. The molecule has 0 saturated heterocycles. The van der Waals surface area contributed by atoms with Gasteiger partial charge >= 0.3 is 23.1 Å². The summed E-state index contributed by atoms with van der Waals surface area (Å²) in [5.41, 5.74) is -0.0161. The average Bonchev–Trinajstić information content (AvgIpc) is 2.17. The van der Waals surface area contributed by atoms with Gasteiger partial charge in [0.1, 0.15) is 0 Å². The van der Waals surface area contributed by atoms with Gasteiger partial charge in [0.05, 0.1) is 0 Å². The maximum atomic E-state index is 12.7. The van der Waals surface area contributed by atoms with Gasteiger partial charge in [-0.25, -0.2) is 4.39 Å². The molecular formula is C9H6FMgNO5S. The van der Waals surface area contributed by atoms with Crippen molar-refractivity contribution in [3.8, 4) is 0 Å². The van der Waals surface area contributed by atoms with Gasteiger partial charge in [0.15, 0.2) is 5.82 Å². The molecule has 0 amide bonds. The van der Waals surface area contributed by atoms with E-state index in [2.05, 4.69) is 4.98 Å². The minimum Gasteiger partial charge on any atom is -0.759 e. The summed E-state index contributed by atoms with van der Waals surface area (Å²) in [7, 11) is -5.17. The number of aromatic amines is 1. The van der Waals surface area contributed by atoms with Gasteiger partial charge in [-0.1, -0.05) is 18.2 Å². The number of pyridine rings is 1. The van der Waals surface area contributed by atoms with Crippen LogP contribution in [0.3, 0.4) is 0 Å². The molecule has 2 rings (SSSR count). The fourth-order valence-electron chi connectivity index (χ4n) is 1.12. The number of rotatable bonds is 0. The van der Waals surface area contributed by atoms with E-state index >= 15 is 0 Å². The largest absolute Gasteiger partial charge is 2.00 e. The van der Waals surface area contributed by atoms with Gasteiger partial charge < -0.3 is 14.1 Å². The van der Waals surface area contributed by atoms with E-state index in [9.17, 15) is 9.18 Å². The minimum atomic E-state index is -5.17. The fraction of sp³-hybridized carbons (Fsp3) is 0. The van der Waals surface area contributed by atoms with E-state index in [1.807, 2.05) is 0 Å². The summed E-state index contributed by atoms with van der Waals surface area (Å²) in [6.07, 6.45) is 0. The van der Waals surface area contributed by atoms with E-state index < -0.39 is 21.8 Å². The predicted octanol–water partition coefficient (Wildman–Crippen LogP) is -0.0516. The molecule has 2 aromatic rings. The molecule has 92 valence electrons. The molecule has 0 atom stereocenters. The molecule has 0 radical (unpaired) electrons. The molecule has 0 aliphatic carbocycles. The first-order valence-corrected chi connectivity index (χ1v) is 5.55. The molecule has 0 unspecified atom stereocenters. The predicted molar refractivity (Wildman–Crippen MR) is 60.8 cm³/mol. The number of H-pyrrole nitrogens is 1. The number of nitrogens with one attached hydrogen (secondary N) is 1. The molecule has 0 saturated carbocycles. The molecule has 0 aliphatic heterocycles. The maximum Gasteiger partial charge on any atom is 2.00 e. The molecule has 0 fully saturated rings. The number of hydrogen-bond donors (Lipinski definition) is 1. The van der Waals surface area contributed by atoms with Crippen molar-refractivity contribution in [3.63, 3.8) is 0 Å². The Labute approximate surface area is 118 Å². The van der Waals surface area contributed by atoms with E-state index in [0.717, 1.165) is 0 Å². The SMILES string of the molecule is O=S(=O)([O-])[O-].O=c1[nH]c2ccccc2cc1F.[Mg+2]. The van der Waals surface area contributed by atoms with Crippen molar-refractivity contribution in [3.05, 3.63) is 46.5 Å². The number of para-hydroxylation sites is 1. The number of aromatic nitrogens is 1. The van der Waals surface area contributed by atoms with Crippen LogP contribution in [0.1, 0.15) is 0 Å². The van der Waals surface area contributed by atoms with Crippen molar-refractivity contribution in [2.24, 2.45) is 0 Å². The van der Waals surface area contributed by atoms with Gasteiger partial charge in [-0.15, -0.1) is 0 Å². The Bertz CT molecular complexity index is 677. The molecule has 18 heavy (non-hydrogen) atoms. The van der Waals surface area contributed by atoms with Crippen LogP contribution in [-0.2, 0) is 10.4 Å². The van der Waals surface area contributed by atoms with Gasteiger partial charge in [-0.2, -0.15) is 0 Å². The molecule has 9 heteroatoms. The van der Waals surface area contributed by atoms with Crippen molar-refractivity contribution in [1.82, 2.24) is 4.98 Å². The van der Waals surface area contributed by atoms with Gasteiger partial charge in [0.25, 0.3) is 5.56 Å². The monoisotopic (exact) mass is 283 g/mol. The number of halogens is 1. The van der Waals surface area contributed by atoms with Crippen LogP contribution in [0.5, 0.6) is 0 Å². The Kier molecular flexibility index (Phi) is 6.42. The minimum absolute atomic E-state index is 0. The zero-order chi connectivity index (χ0) is 13.1. The summed E-state index contributed by atoms with van der Waals surface area (Å²) in [6, 6.07) is 8.29. The van der Waals surface area contributed by atoms with E-state index in [1.54, 1.807) is 24.3 Å². The van der Waals surface area contributed by atoms with E-state index in [-0.39, 0.29) is 23.1 Å². The second-order valence-corrected chi connectivity index (χ2v) is 3.76. The van der Waals surface area contributed by atoms with Gasteiger partial charge in [-0.3, -0.25) is 13.2 Å². The van der Waals surface area contributed by atoms with Crippen molar-refractivity contribution in [2.75, 3.05) is 0 Å². The molecule has 1 aromatic carbocycles. The van der Waals surface area contributed by atoms with E-state index in [1.165, 1.54) is 6.07 Å². The Balaban J connectivity index is 0.000000421. The normalized spacial score (nSPS) is 10.2. The van der Waals surface area contributed by atoms with Crippen molar-refractivity contribution < 1.29 is 21.9 Å². The summed E-state index contributed by atoms with van der Waals surface area (Å²) in [6.45, 7) is 0. The molecule has 6 nitrogen and oxygen atoms in total. The van der Waals surface area contributed by atoms with Crippen LogP contribution in [0.15, 0.2) is 35.1 Å². The average molecular weight is 284 g/mol. The first-order chi connectivity index (χ1) is 7.77. The van der Waals surface area contributed by atoms with E-state index in [0.29, 0.717) is 10.9 Å².